The van der Waals surface area contributed by atoms with Crippen molar-refractivity contribution >= 4 is 17.0 Å². The number of aromatic nitrogens is 4. The second-order valence-electron chi connectivity index (χ2n) is 7.33. The fourth-order valence-electron chi connectivity index (χ4n) is 3.74. The number of phenolic OH excluding ortho intramolecular Hbond substituents is 1. The Morgan fingerprint density at radius 1 is 1.32 bits per heavy atom. The number of aryl methyl sites for hydroxylation is 1. The van der Waals surface area contributed by atoms with E-state index in [2.05, 4.69) is 44.2 Å². The molecular weight excluding hydrogens is 352 g/mol. The summed E-state index contributed by atoms with van der Waals surface area (Å²) in [5.74, 6) is 6.55. The van der Waals surface area contributed by atoms with Gasteiger partial charge in [0.2, 0.25) is 5.95 Å². The molecule has 2 N–H and O–H groups in total. The van der Waals surface area contributed by atoms with Crippen LogP contribution < -0.4 is 5.32 Å². The van der Waals surface area contributed by atoms with Gasteiger partial charge in [0, 0.05) is 30.5 Å². The third kappa shape index (κ3) is 3.64. The Labute approximate surface area is 164 Å². The van der Waals surface area contributed by atoms with Crippen molar-refractivity contribution in [3.8, 4) is 23.3 Å². The van der Waals surface area contributed by atoms with Gasteiger partial charge in [-0.05, 0) is 58.0 Å². The average molecular weight is 376 g/mol. The van der Waals surface area contributed by atoms with Crippen molar-refractivity contribution in [3.05, 3.63) is 35.7 Å². The minimum atomic E-state index is 0.141. The van der Waals surface area contributed by atoms with Gasteiger partial charge in [0.05, 0.1) is 5.39 Å². The fraction of sp³-hybridized carbons (Fsp3) is 0.381. The SMILES string of the molecule is CC#Cc1cc(C)c(-n2cc3cnc(N[C@@H]4CCCN(C)C4)nc3n2)c(O)c1. The van der Waals surface area contributed by atoms with Gasteiger partial charge in [-0.3, -0.25) is 0 Å². The van der Waals surface area contributed by atoms with Crippen molar-refractivity contribution in [1.29, 1.82) is 0 Å². The maximum atomic E-state index is 10.5. The van der Waals surface area contributed by atoms with Gasteiger partial charge >= 0.3 is 0 Å². The summed E-state index contributed by atoms with van der Waals surface area (Å²) in [6.07, 6.45) is 5.88. The number of likely N-dealkylation sites (N-methyl/N-ethyl adjacent to an activating group) is 1. The highest BCUT2D eigenvalue weighted by Gasteiger charge is 2.18. The molecule has 0 amide bonds. The highest BCUT2D eigenvalue weighted by Crippen LogP contribution is 2.28. The molecule has 0 aliphatic carbocycles. The van der Waals surface area contributed by atoms with Gasteiger partial charge in [-0.1, -0.05) is 5.92 Å². The van der Waals surface area contributed by atoms with Crippen LogP contribution in [0.1, 0.15) is 30.9 Å². The summed E-state index contributed by atoms with van der Waals surface area (Å²) in [4.78, 5) is 11.3. The molecule has 0 saturated carbocycles. The third-order valence-corrected chi connectivity index (χ3v) is 5.00. The first-order valence-corrected chi connectivity index (χ1v) is 9.47. The van der Waals surface area contributed by atoms with Crippen molar-refractivity contribution in [2.45, 2.75) is 32.7 Å². The molecule has 1 fully saturated rings. The largest absolute Gasteiger partial charge is 0.506 e. The molecule has 3 heterocycles. The number of hydrogen-bond acceptors (Lipinski definition) is 6. The molecule has 0 radical (unpaired) electrons. The molecule has 1 aromatic carbocycles. The van der Waals surface area contributed by atoms with E-state index in [1.54, 1.807) is 23.9 Å². The lowest BCUT2D eigenvalue weighted by molar-refractivity contribution is 0.260. The molecule has 0 bridgehead atoms. The van der Waals surface area contributed by atoms with E-state index in [0.717, 1.165) is 36.0 Å². The molecule has 7 nitrogen and oxygen atoms in total. The Morgan fingerprint density at radius 2 is 2.18 bits per heavy atom. The van der Waals surface area contributed by atoms with Crippen LogP contribution in [-0.2, 0) is 0 Å². The molecule has 1 aliphatic heterocycles. The summed E-state index contributed by atoms with van der Waals surface area (Å²) in [5, 5.41) is 19.3. The number of hydrogen-bond donors (Lipinski definition) is 2. The van der Waals surface area contributed by atoms with Crippen LogP contribution in [0.3, 0.4) is 0 Å². The number of nitrogens with one attached hydrogen (secondary N) is 1. The number of fused-ring (bicyclic) bond motifs is 1. The predicted molar refractivity (Wildman–Crippen MR) is 110 cm³/mol. The number of benzene rings is 1. The Bertz CT molecular complexity index is 1050. The van der Waals surface area contributed by atoms with Crippen LogP contribution in [0.2, 0.25) is 0 Å². The average Bonchev–Trinajstić information content (AvgIpc) is 3.04. The quantitative estimate of drug-likeness (QED) is 0.685. The van der Waals surface area contributed by atoms with Gasteiger partial charge in [0.15, 0.2) is 5.65 Å². The number of phenols is 1. The number of likely N-dealkylation sites (tertiary alicyclic amines) is 1. The first-order chi connectivity index (χ1) is 13.5. The number of piperidine rings is 1. The Kier molecular flexibility index (Phi) is 4.88. The number of anilines is 1. The molecule has 1 saturated heterocycles. The summed E-state index contributed by atoms with van der Waals surface area (Å²) >= 11 is 0. The van der Waals surface area contributed by atoms with Crippen LogP contribution in [0.5, 0.6) is 5.75 Å². The minimum absolute atomic E-state index is 0.141. The van der Waals surface area contributed by atoms with E-state index in [-0.39, 0.29) is 5.75 Å². The van der Waals surface area contributed by atoms with Crippen molar-refractivity contribution in [1.82, 2.24) is 24.6 Å². The fourth-order valence-corrected chi connectivity index (χ4v) is 3.74. The zero-order valence-electron chi connectivity index (χ0n) is 16.4. The van der Waals surface area contributed by atoms with Crippen LogP contribution in [0.25, 0.3) is 16.7 Å². The lowest BCUT2D eigenvalue weighted by Gasteiger charge is -2.30. The second-order valence-corrected chi connectivity index (χ2v) is 7.33. The van der Waals surface area contributed by atoms with Gasteiger partial charge in [-0.2, -0.15) is 4.98 Å². The van der Waals surface area contributed by atoms with Gasteiger partial charge in [-0.15, -0.1) is 11.0 Å². The van der Waals surface area contributed by atoms with Crippen LogP contribution in [0.4, 0.5) is 5.95 Å². The summed E-state index contributed by atoms with van der Waals surface area (Å²) in [5.41, 5.74) is 2.89. The zero-order valence-corrected chi connectivity index (χ0v) is 16.4. The van der Waals surface area contributed by atoms with E-state index in [0.29, 0.717) is 23.3 Å². The smallest absolute Gasteiger partial charge is 0.225 e. The first kappa shape index (κ1) is 18.3. The maximum Gasteiger partial charge on any atom is 0.225 e. The van der Waals surface area contributed by atoms with Crippen LogP contribution in [0.15, 0.2) is 24.5 Å². The summed E-state index contributed by atoms with van der Waals surface area (Å²) in [6.45, 7) is 5.82. The molecule has 144 valence electrons. The molecule has 0 spiro atoms. The maximum absolute atomic E-state index is 10.5. The third-order valence-electron chi connectivity index (χ3n) is 5.00. The normalized spacial score (nSPS) is 17.3. The standard InChI is InChI=1S/C21H24N6O/c1-4-6-15-9-14(2)19(18(28)10-15)27-12-16-11-22-21(24-20(16)25-27)23-17-7-5-8-26(3)13-17/h9-12,17,28H,5,7-8,13H2,1-3H3,(H,23,24,25)/t17-/m1/s1. The van der Waals surface area contributed by atoms with E-state index in [4.69, 9.17) is 0 Å². The van der Waals surface area contributed by atoms with Crippen molar-refractivity contribution in [2.75, 3.05) is 25.5 Å². The topological polar surface area (TPSA) is 79.1 Å². The van der Waals surface area contributed by atoms with E-state index in [1.165, 1.54) is 6.42 Å². The Hall–Kier alpha value is -3.11. The van der Waals surface area contributed by atoms with Crippen molar-refractivity contribution in [2.24, 2.45) is 0 Å². The summed E-state index contributed by atoms with van der Waals surface area (Å²) < 4.78 is 1.66. The molecule has 0 unspecified atom stereocenters. The van der Waals surface area contributed by atoms with Crippen molar-refractivity contribution < 1.29 is 5.11 Å². The van der Waals surface area contributed by atoms with Crippen LogP contribution >= 0.6 is 0 Å². The van der Waals surface area contributed by atoms with Gasteiger partial charge in [-0.25, -0.2) is 9.67 Å². The van der Waals surface area contributed by atoms with E-state index in [1.807, 2.05) is 19.2 Å². The number of nitrogens with zero attached hydrogens (tertiary/aromatic N) is 5. The Morgan fingerprint density at radius 3 is 2.93 bits per heavy atom. The molecule has 28 heavy (non-hydrogen) atoms. The molecular formula is C21H24N6O. The lowest BCUT2D eigenvalue weighted by atomic mass is 10.1. The highest BCUT2D eigenvalue weighted by atomic mass is 16.3. The molecule has 3 aromatic rings. The highest BCUT2D eigenvalue weighted by molar-refractivity contribution is 5.75. The molecule has 2 aromatic heterocycles. The number of aromatic hydroxyl groups is 1. The molecule has 1 atom stereocenters. The van der Waals surface area contributed by atoms with Crippen molar-refractivity contribution in [3.63, 3.8) is 0 Å². The van der Waals surface area contributed by atoms with Crippen LogP contribution in [0, 0.1) is 18.8 Å². The van der Waals surface area contributed by atoms with Gasteiger partial charge in [0.25, 0.3) is 0 Å². The second kappa shape index (κ2) is 7.49. The number of rotatable bonds is 3. The molecule has 4 rings (SSSR count). The monoisotopic (exact) mass is 376 g/mol. The van der Waals surface area contributed by atoms with E-state index >= 15 is 0 Å². The zero-order chi connectivity index (χ0) is 19.7. The van der Waals surface area contributed by atoms with Gasteiger partial charge < -0.3 is 15.3 Å². The lowest BCUT2D eigenvalue weighted by Crippen LogP contribution is -2.40. The minimum Gasteiger partial charge on any atom is -0.506 e. The summed E-state index contributed by atoms with van der Waals surface area (Å²) in [6, 6.07) is 3.94. The van der Waals surface area contributed by atoms with Crippen LogP contribution in [-0.4, -0.2) is 55.9 Å². The summed E-state index contributed by atoms with van der Waals surface area (Å²) in [7, 11) is 2.13. The molecule has 1 aliphatic rings. The van der Waals surface area contributed by atoms with E-state index in [9.17, 15) is 5.11 Å². The van der Waals surface area contributed by atoms with Gasteiger partial charge in [0.1, 0.15) is 11.4 Å². The van der Waals surface area contributed by atoms with E-state index < -0.39 is 0 Å². The predicted octanol–water partition coefficient (Wildman–Crippen LogP) is 2.71. The first-order valence-electron chi connectivity index (χ1n) is 9.47. The molecule has 7 heteroatoms. The Balaban J connectivity index is 1.64.